The van der Waals surface area contributed by atoms with Crippen LogP contribution in [0.25, 0.3) is 0 Å². The number of piperidine rings is 1. The second kappa shape index (κ2) is 9.69. The lowest BCUT2D eigenvalue weighted by atomic mass is 9.88. The number of hydrazine groups is 1. The maximum Gasteiger partial charge on any atom is 0.124 e. The fourth-order valence-electron chi connectivity index (χ4n) is 4.41. The Balaban J connectivity index is 1.37. The summed E-state index contributed by atoms with van der Waals surface area (Å²) in [7, 11) is 1.67. The zero-order valence-electron chi connectivity index (χ0n) is 17.9. The van der Waals surface area contributed by atoms with Crippen LogP contribution in [0, 0.1) is 5.92 Å². The average Bonchev–Trinajstić information content (AvgIpc) is 3.25. The van der Waals surface area contributed by atoms with Crippen LogP contribution < -0.4 is 20.3 Å². The smallest absolute Gasteiger partial charge is 0.124 e. The summed E-state index contributed by atoms with van der Waals surface area (Å²) in [6, 6.07) is 13.8. The molecule has 4 rings (SSSR count). The van der Waals surface area contributed by atoms with E-state index in [-0.39, 0.29) is 17.7 Å². The van der Waals surface area contributed by atoms with E-state index in [1.54, 1.807) is 13.2 Å². The molecule has 0 radical (unpaired) electrons. The maximum atomic E-state index is 10.7. The van der Waals surface area contributed by atoms with Crippen LogP contribution in [0.2, 0.25) is 0 Å². The molecule has 0 bridgehead atoms. The Kier molecular flexibility index (Phi) is 6.77. The van der Waals surface area contributed by atoms with Gasteiger partial charge in [0.25, 0.3) is 0 Å². The summed E-state index contributed by atoms with van der Waals surface area (Å²) in [5, 5.41) is 10.7. The van der Waals surface area contributed by atoms with Gasteiger partial charge in [0.1, 0.15) is 23.9 Å². The summed E-state index contributed by atoms with van der Waals surface area (Å²) in [5.74, 6) is 2.88. The number of hydrogen-bond donors (Lipinski definition) is 3. The Morgan fingerprint density at radius 1 is 1.07 bits per heavy atom. The van der Waals surface area contributed by atoms with Gasteiger partial charge in [-0.1, -0.05) is 25.1 Å². The molecule has 0 aliphatic carbocycles. The molecule has 2 aromatic rings. The molecule has 0 aromatic heterocycles. The quantitative estimate of drug-likeness (QED) is 0.649. The zero-order chi connectivity index (χ0) is 20.9. The van der Waals surface area contributed by atoms with Crippen molar-refractivity contribution in [3.8, 4) is 17.2 Å². The number of phenols is 1. The standard InChI is InChI=1S/C24H33N3O3/c1-17-9-11-27(12-10-17)13-14-30-20-7-8-21(23(28)15-20)24-22(16-25-26-24)18-3-5-19(29-2)6-4-18/h3-8,15,17,22,24-26,28H,9-14,16H2,1-2H3. The van der Waals surface area contributed by atoms with Crippen molar-refractivity contribution in [3.05, 3.63) is 53.6 Å². The summed E-state index contributed by atoms with van der Waals surface area (Å²) < 4.78 is 11.2. The number of benzene rings is 2. The fraction of sp³-hybridized carbons (Fsp3) is 0.500. The van der Waals surface area contributed by atoms with Crippen LogP contribution in [0.4, 0.5) is 0 Å². The highest BCUT2D eigenvalue weighted by Gasteiger charge is 2.31. The number of ether oxygens (including phenoxy) is 2. The minimum Gasteiger partial charge on any atom is -0.507 e. The van der Waals surface area contributed by atoms with E-state index in [9.17, 15) is 5.11 Å². The lowest BCUT2D eigenvalue weighted by Gasteiger charge is -2.29. The van der Waals surface area contributed by atoms with E-state index in [4.69, 9.17) is 9.47 Å². The highest BCUT2D eigenvalue weighted by atomic mass is 16.5. The summed E-state index contributed by atoms with van der Waals surface area (Å²) in [6.07, 6.45) is 2.54. The van der Waals surface area contributed by atoms with E-state index in [1.807, 2.05) is 24.3 Å². The maximum absolute atomic E-state index is 10.7. The van der Waals surface area contributed by atoms with Crippen molar-refractivity contribution < 1.29 is 14.6 Å². The van der Waals surface area contributed by atoms with E-state index >= 15 is 0 Å². The lowest BCUT2D eigenvalue weighted by molar-refractivity contribution is 0.160. The van der Waals surface area contributed by atoms with Gasteiger partial charge in [0.05, 0.1) is 13.2 Å². The van der Waals surface area contributed by atoms with Crippen molar-refractivity contribution in [3.63, 3.8) is 0 Å². The van der Waals surface area contributed by atoms with E-state index in [0.29, 0.717) is 12.4 Å². The third kappa shape index (κ3) is 4.89. The molecule has 6 nitrogen and oxygen atoms in total. The number of nitrogens with one attached hydrogen (secondary N) is 2. The van der Waals surface area contributed by atoms with Gasteiger partial charge in [-0.2, -0.15) is 0 Å². The first-order chi connectivity index (χ1) is 14.6. The third-order valence-corrected chi connectivity index (χ3v) is 6.42. The SMILES string of the molecule is COc1ccc(C2CNNC2c2ccc(OCCN3CCC(C)CC3)cc2O)cc1. The first-order valence-electron chi connectivity index (χ1n) is 10.9. The van der Waals surface area contributed by atoms with E-state index in [0.717, 1.165) is 43.4 Å². The molecule has 3 N–H and O–H groups in total. The largest absolute Gasteiger partial charge is 0.507 e. The van der Waals surface area contributed by atoms with Crippen LogP contribution in [-0.2, 0) is 0 Å². The Hall–Kier alpha value is -2.28. The molecule has 2 heterocycles. The van der Waals surface area contributed by atoms with Gasteiger partial charge < -0.3 is 14.6 Å². The van der Waals surface area contributed by atoms with Crippen molar-refractivity contribution >= 4 is 0 Å². The zero-order valence-corrected chi connectivity index (χ0v) is 17.9. The average molecular weight is 412 g/mol. The van der Waals surface area contributed by atoms with Crippen molar-refractivity contribution in [1.29, 1.82) is 0 Å². The van der Waals surface area contributed by atoms with Gasteiger partial charge in [0.2, 0.25) is 0 Å². The molecule has 0 amide bonds. The number of likely N-dealkylation sites (tertiary alicyclic amines) is 1. The van der Waals surface area contributed by atoms with Gasteiger partial charge in [-0.25, -0.2) is 5.43 Å². The van der Waals surface area contributed by atoms with E-state index < -0.39 is 0 Å². The Morgan fingerprint density at radius 3 is 2.50 bits per heavy atom. The highest BCUT2D eigenvalue weighted by Crippen LogP contribution is 2.39. The van der Waals surface area contributed by atoms with Gasteiger partial charge >= 0.3 is 0 Å². The van der Waals surface area contributed by atoms with Gasteiger partial charge in [0, 0.05) is 30.6 Å². The van der Waals surface area contributed by atoms with E-state index in [2.05, 4.69) is 34.8 Å². The molecular weight excluding hydrogens is 378 g/mol. The number of methoxy groups -OCH3 is 1. The van der Waals surface area contributed by atoms with Gasteiger partial charge in [-0.05, 0) is 55.6 Å². The topological polar surface area (TPSA) is 66.0 Å². The van der Waals surface area contributed by atoms with Gasteiger partial charge in [-0.3, -0.25) is 10.3 Å². The number of phenolic OH excluding ortho intramolecular Hbond substituents is 1. The second-order valence-electron chi connectivity index (χ2n) is 8.48. The van der Waals surface area contributed by atoms with E-state index in [1.165, 1.54) is 18.4 Å². The van der Waals surface area contributed by atoms with Crippen molar-refractivity contribution in [2.24, 2.45) is 5.92 Å². The van der Waals surface area contributed by atoms with Crippen LogP contribution in [0.3, 0.4) is 0 Å². The Bertz CT molecular complexity index is 819. The van der Waals surface area contributed by atoms with Crippen molar-refractivity contribution in [2.45, 2.75) is 31.7 Å². The third-order valence-electron chi connectivity index (χ3n) is 6.42. The minimum atomic E-state index is -0.0113. The minimum absolute atomic E-state index is 0.0113. The fourth-order valence-corrected chi connectivity index (χ4v) is 4.41. The van der Waals surface area contributed by atoms with Crippen LogP contribution in [0.5, 0.6) is 17.2 Å². The molecule has 2 aliphatic heterocycles. The molecule has 2 unspecified atom stereocenters. The van der Waals surface area contributed by atoms with Crippen LogP contribution in [0.1, 0.15) is 42.9 Å². The first kappa shape index (κ1) is 21.0. The number of nitrogens with zero attached hydrogens (tertiary/aromatic N) is 1. The molecule has 2 fully saturated rings. The molecule has 0 saturated carbocycles. The molecular formula is C24H33N3O3. The summed E-state index contributed by atoms with van der Waals surface area (Å²) in [4.78, 5) is 2.46. The molecule has 6 heteroatoms. The number of hydrogen-bond acceptors (Lipinski definition) is 6. The Labute approximate surface area is 179 Å². The molecule has 2 aliphatic rings. The molecule has 2 atom stereocenters. The van der Waals surface area contributed by atoms with Gasteiger partial charge in [0.15, 0.2) is 0 Å². The summed E-state index contributed by atoms with van der Waals surface area (Å²) >= 11 is 0. The van der Waals surface area contributed by atoms with Gasteiger partial charge in [-0.15, -0.1) is 0 Å². The highest BCUT2D eigenvalue weighted by molar-refractivity contribution is 5.44. The predicted molar refractivity (Wildman–Crippen MR) is 118 cm³/mol. The van der Waals surface area contributed by atoms with Crippen LogP contribution >= 0.6 is 0 Å². The number of rotatable bonds is 7. The molecule has 162 valence electrons. The number of aromatic hydroxyl groups is 1. The summed E-state index contributed by atoms with van der Waals surface area (Å²) in [6.45, 7) is 7.01. The van der Waals surface area contributed by atoms with Crippen molar-refractivity contribution in [2.75, 3.05) is 39.9 Å². The molecule has 30 heavy (non-hydrogen) atoms. The summed E-state index contributed by atoms with van der Waals surface area (Å²) in [5.41, 5.74) is 8.62. The first-order valence-corrected chi connectivity index (χ1v) is 10.9. The predicted octanol–water partition coefficient (Wildman–Crippen LogP) is 3.44. The monoisotopic (exact) mass is 411 g/mol. The molecule has 2 saturated heterocycles. The van der Waals surface area contributed by atoms with Crippen molar-refractivity contribution in [1.82, 2.24) is 15.8 Å². The normalized spacial score (nSPS) is 22.9. The van der Waals surface area contributed by atoms with Crippen LogP contribution in [-0.4, -0.2) is 49.9 Å². The second-order valence-corrected chi connectivity index (χ2v) is 8.48. The Morgan fingerprint density at radius 2 is 1.80 bits per heavy atom. The molecule has 2 aromatic carbocycles. The molecule has 0 spiro atoms. The van der Waals surface area contributed by atoms with Crippen LogP contribution in [0.15, 0.2) is 42.5 Å². The lowest BCUT2D eigenvalue weighted by Crippen LogP contribution is -2.35.